The van der Waals surface area contributed by atoms with Crippen LogP contribution < -0.4 is 9.46 Å². The monoisotopic (exact) mass is 413 g/mol. The number of hydrogen-bond acceptors (Lipinski definition) is 2. The maximum atomic E-state index is 12.8. The zero-order valence-corrected chi connectivity index (χ0v) is 17.3. The predicted molar refractivity (Wildman–Crippen MR) is 107 cm³/mol. The lowest BCUT2D eigenvalue weighted by Crippen LogP contribution is -2.36. The van der Waals surface area contributed by atoms with E-state index in [-0.39, 0.29) is 6.04 Å². The van der Waals surface area contributed by atoms with E-state index in [0.717, 1.165) is 23.4 Å². The molecule has 1 N–H and O–H groups in total. The molecule has 7 heteroatoms. The third-order valence-electron chi connectivity index (χ3n) is 4.33. The molecular weight excluding hydrogens is 387 g/mol. The predicted octanol–water partition coefficient (Wildman–Crippen LogP) is 5.44. The van der Waals surface area contributed by atoms with Crippen molar-refractivity contribution in [2.45, 2.75) is 50.6 Å². The van der Waals surface area contributed by atoms with Crippen molar-refractivity contribution in [2.75, 3.05) is 7.11 Å². The summed E-state index contributed by atoms with van der Waals surface area (Å²) in [5.41, 5.74) is 1.06. The lowest BCUT2D eigenvalue weighted by Gasteiger charge is -2.25. The first-order valence-corrected chi connectivity index (χ1v) is 10.1. The van der Waals surface area contributed by atoms with Gasteiger partial charge in [-0.2, -0.15) is 13.2 Å². The fourth-order valence-corrected chi connectivity index (χ4v) is 3.47. The molecule has 2 rings (SSSR count). The summed E-state index contributed by atoms with van der Waals surface area (Å²) in [6, 6.07) is 12.3. The number of benzene rings is 2. The van der Waals surface area contributed by atoms with E-state index in [4.69, 9.17) is 4.74 Å². The molecule has 0 saturated heterocycles. The van der Waals surface area contributed by atoms with Crippen LogP contribution in [0.5, 0.6) is 5.75 Å². The molecule has 2 atom stereocenters. The van der Waals surface area contributed by atoms with E-state index in [2.05, 4.69) is 4.72 Å². The van der Waals surface area contributed by atoms with Gasteiger partial charge in [0.05, 0.1) is 28.4 Å². The van der Waals surface area contributed by atoms with E-state index in [1.54, 1.807) is 7.11 Å². The fraction of sp³-hybridized carbons (Fsp3) is 0.429. The Hall–Kier alpha value is -1.86. The first kappa shape index (κ1) is 22.4. The Morgan fingerprint density at radius 1 is 1.00 bits per heavy atom. The molecule has 0 heterocycles. The molecule has 0 aliphatic rings. The SMILES string of the molecule is COc1ccc(CCC(NS(=O)C(C)(C)C)c2ccc(C(F)(F)F)cc2)cc1. The Morgan fingerprint density at radius 2 is 1.57 bits per heavy atom. The van der Waals surface area contributed by atoms with Crippen LogP contribution in [0.4, 0.5) is 13.2 Å². The molecule has 0 amide bonds. The van der Waals surface area contributed by atoms with Crippen LogP contribution in [-0.2, 0) is 23.6 Å². The molecular formula is C21H26F3NO2S. The molecule has 3 nitrogen and oxygen atoms in total. The zero-order chi connectivity index (χ0) is 20.9. The summed E-state index contributed by atoms with van der Waals surface area (Å²) >= 11 is 0. The second-order valence-corrected chi connectivity index (χ2v) is 9.56. The van der Waals surface area contributed by atoms with Crippen LogP contribution in [0.25, 0.3) is 0 Å². The number of alkyl halides is 3. The van der Waals surface area contributed by atoms with Gasteiger partial charge < -0.3 is 4.74 Å². The molecule has 0 aliphatic heterocycles. The number of nitrogens with one attached hydrogen (secondary N) is 1. The average Bonchev–Trinajstić information content (AvgIpc) is 2.64. The molecule has 0 bridgehead atoms. The van der Waals surface area contributed by atoms with E-state index in [0.29, 0.717) is 18.4 Å². The largest absolute Gasteiger partial charge is 0.497 e. The summed E-state index contributed by atoms with van der Waals surface area (Å²) in [7, 11) is 0.253. The summed E-state index contributed by atoms with van der Waals surface area (Å²) in [6.45, 7) is 5.55. The van der Waals surface area contributed by atoms with Gasteiger partial charge in [-0.05, 0) is 69.0 Å². The number of ether oxygens (including phenoxy) is 1. The van der Waals surface area contributed by atoms with Gasteiger partial charge in [-0.25, -0.2) is 8.93 Å². The smallest absolute Gasteiger partial charge is 0.416 e. The van der Waals surface area contributed by atoms with Crippen LogP contribution in [0, 0.1) is 0 Å². The van der Waals surface area contributed by atoms with Crippen molar-refractivity contribution in [2.24, 2.45) is 0 Å². The van der Waals surface area contributed by atoms with Crippen molar-refractivity contribution < 1.29 is 22.1 Å². The van der Waals surface area contributed by atoms with Gasteiger partial charge in [0.25, 0.3) is 0 Å². The fourth-order valence-electron chi connectivity index (χ4n) is 2.61. The van der Waals surface area contributed by atoms with Gasteiger partial charge in [0.2, 0.25) is 0 Å². The van der Waals surface area contributed by atoms with E-state index in [1.807, 2.05) is 45.0 Å². The molecule has 2 aromatic rings. The minimum absolute atomic E-state index is 0.329. The summed E-state index contributed by atoms with van der Waals surface area (Å²) < 4.78 is 58.9. The highest BCUT2D eigenvalue weighted by Gasteiger charge is 2.30. The molecule has 0 aromatic heterocycles. The van der Waals surface area contributed by atoms with E-state index >= 15 is 0 Å². The molecule has 0 radical (unpaired) electrons. The van der Waals surface area contributed by atoms with Crippen molar-refractivity contribution >= 4 is 11.0 Å². The third kappa shape index (κ3) is 6.34. The van der Waals surface area contributed by atoms with Crippen molar-refractivity contribution in [1.29, 1.82) is 0 Å². The normalized spacial score (nSPS) is 14.5. The Morgan fingerprint density at radius 3 is 2.04 bits per heavy atom. The highest BCUT2D eigenvalue weighted by atomic mass is 32.2. The van der Waals surface area contributed by atoms with Gasteiger partial charge in [-0.1, -0.05) is 24.3 Å². The third-order valence-corrected chi connectivity index (χ3v) is 5.94. The molecule has 2 unspecified atom stereocenters. The number of halogens is 3. The lowest BCUT2D eigenvalue weighted by molar-refractivity contribution is -0.137. The summed E-state index contributed by atoms with van der Waals surface area (Å²) in [5.74, 6) is 0.759. The van der Waals surface area contributed by atoms with Gasteiger partial charge in [-0.3, -0.25) is 0 Å². The van der Waals surface area contributed by atoms with Gasteiger partial charge in [0, 0.05) is 6.04 Å². The summed E-state index contributed by atoms with van der Waals surface area (Å²) in [5, 5.41) is 0. The number of methoxy groups -OCH3 is 1. The molecule has 0 spiro atoms. The van der Waals surface area contributed by atoms with E-state index in [1.165, 1.54) is 12.1 Å². The van der Waals surface area contributed by atoms with Crippen molar-refractivity contribution in [3.63, 3.8) is 0 Å². The Balaban J connectivity index is 2.19. The molecule has 0 fully saturated rings. The molecule has 154 valence electrons. The van der Waals surface area contributed by atoms with Crippen LogP contribution in [0.2, 0.25) is 0 Å². The highest BCUT2D eigenvalue weighted by molar-refractivity contribution is 7.84. The van der Waals surface area contributed by atoms with Crippen LogP contribution in [0.3, 0.4) is 0 Å². The van der Waals surface area contributed by atoms with Gasteiger partial charge >= 0.3 is 6.18 Å². The molecule has 2 aromatic carbocycles. The highest BCUT2D eigenvalue weighted by Crippen LogP contribution is 2.31. The molecule has 28 heavy (non-hydrogen) atoms. The quantitative estimate of drug-likeness (QED) is 0.656. The molecule has 0 saturated carbocycles. The standard InChI is InChI=1S/C21H26F3NO2S/c1-20(2,3)28(26)25-19(14-7-15-5-12-18(27-4)13-6-15)16-8-10-17(11-9-16)21(22,23)24/h5-6,8-13,19,25H,7,14H2,1-4H3. The van der Waals surface area contributed by atoms with Crippen molar-refractivity contribution in [3.05, 3.63) is 65.2 Å². The van der Waals surface area contributed by atoms with Crippen LogP contribution in [0.1, 0.15) is 49.9 Å². The Labute approximate surface area is 166 Å². The second-order valence-electron chi connectivity index (χ2n) is 7.56. The molecule has 0 aliphatic carbocycles. The first-order valence-electron chi connectivity index (χ1n) is 8.99. The van der Waals surface area contributed by atoms with Crippen molar-refractivity contribution in [3.8, 4) is 5.75 Å². The van der Waals surface area contributed by atoms with Gasteiger partial charge in [0.1, 0.15) is 5.75 Å². The maximum Gasteiger partial charge on any atom is 0.416 e. The lowest BCUT2D eigenvalue weighted by atomic mass is 9.98. The topological polar surface area (TPSA) is 38.3 Å². The Bertz CT molecular complexity index is 781. The van der Waals surface area contributed by atoms with Crippen molar-refractivity contribution in [1.82, 2.24) is 4.72 Å². The van der Waals surface area contributed by atoms with Gasteiger partial charge in [0.15, 0.2) is 0 Å². The van der Waals surface area contributed by atoms with Crippen LogP contribution in [0.15, 0.2) is 48.5 Å². The average molecular weight is 414 g/mol. The number of aryl methyl sites for hydroxylation is 1. The minimum Gasteiger partial charge on any atom is -0.497 e. The first-order chi connectivity index (χ1) is 13.0. The Kier molecular flexibility index (Phi) is 7.28. The van der Waals surface area contributed by atoms with E-state index in [9.17, 15) is 17.4 Å². The second kappa shape index (κ2) is 9.09. The number of rotatable bonds is 7. The summed E-state index contributed by atoms with van der Waals surface area (Å²) in [4.78, 5) is 0. The van der Waals surface area contributed by atoms with Crippen LogP contribution in [-0.4, -0.2) is 16.1 Å². The zero-order valence-electron chi connectivity index (χ0n) is 16.5. The maximum absolute atomic E-state index is 12.8. The summed E-state index contributed by atoms with van der Waals surface area (Å²) in [6.07, 6.45) is -3.09. The van der Waals surface area contributed by atoms with E-state index < -0.39 is 27.5 Å². The van der Waals surface area contributed by atoms with Gasteiger partial charge in [-0.15, -0.1) is 0 Å². The number of hydrogen-bond donors (Lipinski definition) is 1. The van der Waals surface area contributed by atoms with Crippen LogP contribution >= 0.6 is 0 Å². The minimum atomic E-state index is -4.38.